The standard InChI is InChI=1S/C12H26Si.2C10H9.2ClH.Zr/c1-3-5-7-9-11-13-12-10-8-6-4-2;2*1-8-6-9-4-2-3-5-10(9)7-8;;;/h3-12H2,1-2H3;2*2-7H,1H3;2*1H;/q;2*-1;;;+4/p-2. The molecule has 0 bridgehead atoms. The van der Waals surface area contributed by atoms with Gasteiger partial charge in [-0.2, -0.15) is 12.1 Å². The van der Waals surface area contributed by atoms with Crippen LogP contribution in [0, 0.1) is 13.8 Å². The van der Waals surface area contributed by atoms with E-state index < -0.39 is 20.8 Å². The van der Waals surface area contributed by atoms with E-state index in [0.717, 1.165) is 0 Å². The zero-order chi connectivity index (χ0) is 26.4. The summed E-state index contributed by atoms with van der Waals surface area (Å²) in [5.41, 5.74) is 2.70. The van der Waals surface area contributed by atoms with E-state index in [1.54, 1.807) is 0 Å². The van der Waals surface area contributed by atoms with Gasteiger partial charge < -0.3 is 0 Å². The summed E-state index contributed by atoms with van der Waals surface area (Å²) in [6, 6.07) is 28.7. The molecule has 0 unspecified atom stereocenters. The first-order valence-electron chi connectivity index (χ1n) is 13.5. The van der Waals surface area contributed by atoms with Gasteiger partial charge in [-0.1, -0.05) is 103 Å². The monoisotopic (exact) mass is 616 g/mol. The minimum absolute atomic E-state index is 0.826. The molecule has 0 spiro atoms. The second kappa shape index (κ2) is 22.3. The molecule has 0 aromatic heterocycles. The van der Waals surface area contributed by atoms with E-state index in [9.17, 15) is 0 Å². The Morgan fingerprint density at radius 1 is 0.639 bits per heavy atom. The zero-order valence-electron chi connectivity index (χ0n) is 22.8. The second-order valence-electron chi connectivity index (χ2n) is 9.27. The zero-order valence-corrected chi connectivity index (χ0v) is 27.7. The van der Waals surface area contributed by atoms with Crippen molar-refractivity contribution >= 4 is 48.1 Å². The van der Waals surface area contributed by atoms with E-state index in [0.29, 0.717) is 0 Å². The predicted molar refractivity (Wildman–Crippen MR) is 164 cm³/mol. The van der Waals surface area contributed by atoms with E-state index in [4.69, 9.17) is 17.0 Å². The van der Waals surface area contributed by atoms with Crippen molar-refractivity contribution < 1.29 is 20.8 Å². The van der Waals surface area contributed by atoms with Crippen LogP contribution in [-0.2, 0) is 20.8 Å². The average molecular weight is 619 g/mol. The Kier molecular flexibility index (Phi) is 20.7. The summed E-state index contributed by atoms with van der Waals surface area (Å²) in [5.74, 6) is 0. The van der Waals surface area contributed by atoms with E-state index >= 15 is 0 Å². The molecule has 0 heterocycles. The van der Waals surface area contributed by atoms with Crippen LogP contribution in [0.3, 0.4) is 0 Å². The topological polar surface area (TPSA) is 0 Å². The molecule has 0 amide bonds. The van der Waals surface area contributed by atoms with Crippen molar-refractivity contribution in [1.82, 2.24) is 0 Å². The van der Waals surface area contributed by atoms with Crippen LogP contribution in [0.4, 0.5) is 0 Å². The number of fused-ring (bicyclic) bond motifs is 2. The summed E-state index contributed by atoms with van der Waals surface area (Å²) >= 11 is -0.826. The number of unbranched alkanes of at least 4 members (excludes halogenated alkanes) is 6. The van der Waals surface area contributed by atoms with Gasteiger partial charge in [-0.05, 0) is 0 Å². The molecule has 194 valence electrons. The van der Waals surface area contributed by atoms with Gasteiger partial charge in [0.05, 0.1) is 0 Å². The number of hydrogen-bond acceptors (Lipinski definition) is 0. The molecule has 0 fully saturated rings. The normalized spacial score (nSPS) is 9.94. The van der Waals surface area contributed by atoms with Crippen LogP contribution >= 0.6 is 17.0 Å². The summed E-state index contributed by atoms with van der Waals surface area (Å²) in [7, 11) is 11.1. The molecule has 0 saturated heterocycles. The summed E-state index contributed by atoms with van der Waals surface area (Å²) in [6.07, 6.45) is 11.6. The Morgan fingerprint density at radius 3 is 1.39 bits per heavy atom. The second-order valence-corrected chi connectivity index (χ2v) is 14.5. The average Bonchev–Trinajstić information content (AvgIpc) is 3.45. The Labute approximate surface area is 242 Å². The first kappa shape index (κ1) is 33.4. The van der Waals surface area contributed by atoms with E-state index in [1.165, 1.54) is 106 Å². The van der Waals surface area contributed by atoms with Crippen LogP contribution in [-0.4, -0.2) is 9.52 Å². The van der Waals surface area contributed by atoms with Gasteiger partial charge >= 0.3 is 37.9 Å². The third-order valence-corrected chi connectivity index (χ3v) is 7.35. The summed E-state index contributed by atoms with van der Waals surface area (Å²) in [4.78, 5) is 0. The molecule has 36 heavy (non-hydrogen) atoms. The molecule has 0 aliphatic carbocycles. The number of aryl methyl sites for hydroxylation is 2. The molecule has 2 radical (unpaired) electrons. The van der Waals surface area contributed by atoms with Crippen molar-refractivity contribution in [3.63, 3.8) is 0 Å². The molecule has 4 aromatic rings. The van der Waals surface area contributed by atoms with Gasteiger partial charge in [-0.3, -0.25) is 0 Å². The van der Waals surface area contributed by atoms with Crippen molar-refractivity contribution in [1.29, 1.82) is 0 Å². The molecule has 0 aliphatic rings. The van der Waals surface area contributed by atoms with Crippen molar-refractivity contribution in [2.24, 2.45) is 0 Å². The van der Waals surface area contributed by atoms with Crippen LogP contribution in [0.15, 0.2) is 72.8 Å². The van der Waals surface area contributed by atoms with Crippen LogP contribution in [0.2, 0.25) is 12.1 Å². The van der Waals surface area contributed by atoms with Gasteiger partial charge in [0.1, 0.15) is 0 Å². The fourth-order valence-corrected chi connectivity index (χ4v) is 5.34. The molecule has 4 aromatic carbocycles. The van der Waals surface area contributed by atoms with Crippen molar-refractivity contribution in [2.75, 3.05) is 0 Å². The predicted octanol–water partition coefficient (Wildman–Crippen LogP) is 11.8. The van der Waals surface area contributed by atoms with E-state index in [1.807, 2.05) is 0 Å². The van der Waals surface area contributed by atoms with E-state index in [2.05, 4.69) is 100 Å². The van der Waals surface area contributed by atoms with Crippen LogP contribution in [0.5, 0.6) is 0 Å². The van der Waals surface area contributed by atoms with Gasteiger partial charge in [-0.15, -0.1) is 81.2 Å². The molecule has 0 saturated carbocycles. The van der Waals surface area contributed by atoms with Gasteiger partial charge in [-0.25, -0.2) is 0 Å². The fourth-order valence-electron chi connectivity index (χ4n) is 4.09. The van der Waals surface area contributed by atoms with Gasteiger partial charge in [0.15, 0.2) is 0 Å². The van der Waals surface area contributed by atoms with Gasteiger partial charge in [0.25, 0.3) is 0 Å². The van der Waals surface area contributed by atoms with Crippen LogP contribution in [0.25, 0.3) is 21.5 Å². The molecule has 4 rings (SSSR count). The molecule has 0 atom stereocenters. The summed E-state index contributed by atoms with van der Waals surface area (Å²) < 4.78 is 0. The number of halogens is 2. The molecule has 0 N–H and O–H groups in total. The maximum absolute atomic E-state index is 4.93. The fraction of sp³-hybridized carbons (Fsp3) is 0.438. The summed E-state index contributed by atoms with van der Waals surface area (Å²) in [6.45, 7) is 8.82. The number of rotatable bonds is 10. The number of hydrogen-bond donors (Lipinski definition) is 0. The molecule has 0 aliphatic heterocycles. The Bertz CT molecular complexity index is 889. The van der Waals surface area contributed by atoms with E-state index in [-0.39, 0.29) is 0 Å². The third-order valence-electron chi connectivity index (χ3n) is 5.94. The van der Waals surface area contributed by atoms with Crippen LogP contribution < -0.4 is 0 Å². The molecular formula is C32H44Cl2SiZr. The van der Waals surface area contributed by atoms with Crippen molar-refractivity contribution in [2.45, 2.75) is 91.1 Å². The third kappa shape index (κ3) is 15.6. The minimum atomic E-state index is -0.826. The number of benzene rings is 2. The first-order chi connectivity index (χ1) is 17.5. The maximum atomic E-state index is 4.93. The SMILES string of the molecule is CCCCCC[Si]CCCCCC.Cc1cc2ccccc2[cH-]1.Cc1cc2ccccc2[cH-]1.[Cl][Zr+2][Cl]. The molecular weight excluding hydrogens is 575 g/mol. The van der Waals surface area contributed by atoms with Crippen molar-refractivity contribution in [3.8, 4) is 0 Å². The van der Waals surface area contributed by atoms with Gasteiger partial charge in [0, 0.05) is 9.52 Å². The van der Waals surface area contributed by atoms with Gasteiger partial charge in [0.2, 0.25) is 0 Å². The van der Waals surface area contributed by atoms with Crippen molar-refractivity contribution in [3.05, 3.63) is 83.9 Å². The van der Waals surface area contributed by atoms with Crippen LogP contribution in [0.1, 0.15) is 76.3 Å². The quantitative estimate of drug-likeness (QED) is 0.0942. The Morgan fingerprint density at radius 2 is 1.03 bits per heavy atom. The molecule has 0 nitrogen and oxygen atoms in total. The first-order valence-corrected chi connectivity index (χ1v) is 21.2. The Balaban J connectivity index is 0.000000257. The molecule has 4 heteroatoms. The Hall–Kier alpha value is -0.660. The summed E-state index contributed by atoms with van der Waals surface area (Å²) in [5, 5.41) is 5.39.